The first-order chi connectivity index (χ1) is 10.2. The highest BCUT2D eigenvalue weighted by molar-refractivity contribution is 5.96. The number of aryl methyl sites for hydroxylation is 1. The molecule has 0 radical (unpaired) electrons. The zero-order valence-electron chi connectivity index (χ0n) is 11.6. The van der Waals surface area contributed by atoms with Gasteiger partial charge < -0.3 is 4.42 Å². The molecule has 1 aromatic carbocycles. The van der Waals surface area contributed by atoms with Crippen molar-refractivity contribution in [3.05, 3.63) is 65.6 Å². The molecule has 2 N–H and O–H groups in total. The standard InChI is InChI=1S/C16H16N2O3/c1-2-12-5-7-13(8-6-12)9-10-15(19)17-18-16(20)14-4-3-11-21-14/h3-11H,2H2,1H3,(H,17,19)(H,18,20)/b10-9+. The van der Waals surface area contributed by atoms with E-state index < -0.39 is 11.8 Å². The fourth-order valence-corrected chi connectivity index (χ4v) is 1.67. The minimum Gasteiger partial charge on any atom is -0.459 e. The molecule has 0 atom stereocenters. The van der Waals surface area contributed by atoms with Gasteiger partial charge in [0.15, 0.2) is 5.76 Å². The van der Waals surface area contributed by atoms with Gasteiger partial charge in [0.1, 0.15) is 0 Å². The summed E-state index contributed by atoms with van der Waals surface area (Å²) in [6.07, 6.45) is 5.39. The molecule has 5 nitrogen and oxygen atoms in total. The number of hydrazine groups is 1. The van der Waals surface area contributed by atoms with Gasteiger partial charge in [0.2, 0.25) is 0 Å². The maximum atomic E-state index is 11.6. The zero-order chi connectivity index (χ0) is 15.1. The van der Waals surface area contributed by atoms with Crippen LogP contribution in [0.25, 0.3) is 6.08 Å². The molecule has 0 fully saturated rings. The van der Waals surface area contributed by atoms with Crippen molar-refractivity contribution in [2.24, 2.45) is 0 Å². The van der Waals surface area contributed by atoms with Crippen LogP contribution in [-0.2, 0) is 11.2 Å². The minimum atomic E-state index is -0.506. The molecule has 0 saturated carbocycles. The summed E-state index contributed by atoms with van der Waals surface area (Å²) in [5, 5.41) is 0. The maximum absolute atomic E-state index is 11.6. The molecule has 21 heavy (non-hydrogen) atoms. The summed E-state index contributed by atoms with van der Waals surface area (Å²) in [5.74, 6) is -0.794. The predicted octanol–water partition coefficient (Wildman–Crippen LogP) is 2.32. The second kappa shape index (κ2) is 7.09. The number of furan rings is 1. The average Bonchev–Trinajstić information content (AvgIpc) is 3.05. The quantitative estimate of drug-likeness (QED) is 0.668. The van der Waals surface area contributed by atoms with Crippen molar-refractivity contribution in [3.8, 4) is 0 Å². The number of amides is 2. The molecule has 0 saturated heterocycles. The minimum absolute atomic E-state index is 0.134. The Morgan fingerprint density at radius 1 is 1.14 bits per heavy atom. The van der Waals surface area contributed by atoms with E-state index in [9.17, 15) is 9.59 Å². The van der Waals surface area contributed by atoms with Crippen LogP contribution in [0.1, 0.15) is 28.6 Å². The number of benzene rings is 1. The molecule has 0 bridgehead atoms. The highest BCUT2D eigenvalue weighted by Gasteiger charge is 2.07. The Hall–Kier alpha value is -2.82. The number of hydrogen-bond acceptors (Lipinski definition) is 3. The monoisotopic (exact) mass is 284 g/mol. The zero-order valence-corrected chi connectivity index (χ0v) is 11.6. The van der Waals surface area contributed by atoms with Gasteiger partial charge in [0.25, 0.3) is 5.91 Å². The molecule has 2 rings (SSSR count). The third kappa shape index (κ3) is 4.35. The largest absolute Gasteiger partial charge is 0.459 e. The predicted molar refractivity (Wildman–Crippen MR) is 79.2 cm³/mol. The summed E-state index contributed by atoms with van der Waals surface area (Å²) in [4.78, 5) is 23.1. The van der Waals surface area contributed by atoms with E-state index in [-0.39, 0.29) is 5.76 Å². The van der Waals surface area contributed by atoms with E-state index in [2.05, 4.69) is 17.8 Å². The van der Waals surface area contributed by atoms with Crippen molar-refractivity contribution in [2.45, 2.75) is 13.3 Å². The third-order valence-corrected chi connectivity index (χ3v) is 2.86. The van der Waals surface area contributed by atoms with Crippen LogP contribution < -0.4 is 10.9 Å². The number of rotatable bonds is 4. The van der Waals surface area contributed by atoms with Gasteiger partial charge >= 0.3 is 5.91 Å². The molecule has 0 aliphatic heterocycles. The summed E-state index contributed by atoms with van der Waals surface area (Å²) in [7, 11) is 0. The lowest BCUT2D eigenvalue weighted by Gasteiger charge is -2.02. The van der Waals surface area contributed by atoms with Gasteiger partial charge in [-0.25, -0.2) is 0 Å². The number of nitrogens with one attached hydrogen (secondary N) is 2. The van der Waals surface area contributed by atoms with Crippen LogP contribution in [-0.4, -0.2) is 11.8 Å². The summed E-state index contributed by atoms with van der Waals surface area (Å²) in [6, 6.07) is 11.0. The van der Waals surface area contributed by atoms with Crippen molar-refractivity contribution in [2.75, 3.05) is 0 Å². The molecule has 2 amide bonds. The Balaban J connectivity index is 1.83. The van der Waals surface area contributed by atoms with Crippen LogP contribution in [0.4, 0.5) is 0 Å². The Morgan fingerprint density at radius 3 is 2.52 bits per heavy atom. The van der Waals surface area contributed by atoms with Crippen LogP contribution in [0, 0.1) is 0 Å². The van der Waals surface area contributed by atoms with Gasteiger partial charge in [-0.2, -0.15) is 0 Å². The van der Waals surface area contributed by atoms with Crippen molar-refractivity contribution >= 4 is 17.9 Å². The van der Waals surface area contributed by atoms with Gasteiger partial charge in [-0.15, -0.1) is 0 Å². The van der Waals surface area contributed by atoms with E-state index in [4.69, 9.17) is 4.42 Å². The van der Waals surface area contributed by atoms with Crippen molar-refractivity contribution < 1.29 is 14.0 Å². The smallest absolute Gasteiger partial charge is 0.305 e. The van der Waals surface area contributed by atoms with Crippen molar-refractivity contribution in [1.82, 2.24) is 10.9 Å². The number of carbonyl (C=O) groups is 2. The SMILES string of the molecule is CCc1ccc(/C=C/C(=O)NNC(=O)c2ccco2)cc1. The lowest BCUT2D eigenvalue weighted by Crippen LogP contribution is -2.40. The molecule has 0 aliphatic carbocycles. The Kier molecular flexibility index (Phi) is 4.93. The fourth-order valence-electron chi connectivity index (χ4n) is 1.67. The third-order valence-electron chi connectivity index (χ3n) is 2.86. The Morgan fingerprint density at radius 2 is 1.90 bits per heavy atom. The first-order valence-electron chi connectivity index (χ1n) is 6.60. The summed E-state index contributed by atoms with van der Waals surface area (Å²) in [6.45, 7) is 2.08. The normalized spacial score (nSPS) is 10.5. The maximum Gasteiger partial charge on any atom is 0.305 e. The second-order valence-electron chi connectivity index (χ2n) is 4.35. The first-order valence-corrected chi connectivity index (χ1v) is 6.60. The molecule has 5 heteroatoms. The summed E-state index contributed by atoms with van der Waals surface area (Å²) >= 11 is 0. The summed E-state index contributed by atoms with van der Waals surface area (Å²) in [5.41, 5.74) is 6.69. The molecule has 1 aromatic heterocycles. The highest BCUT2D eigenvalue weighted by Crippen LogP contribution is 2.06. The molecular weight excluding hydrogens is 268 g/mol. The van der Waals surface area contributed by atoms with Gasteiger partial charge in [-0.1, -0.05) is 31.2 Å². The molecular formula is C16H16N2O3. The van der Waals surface area contributed by atoms with E-state index in [1.807, 2.05) is 24.3 Å². The summed E-state index contributed by atoms with van der Waals surface area (Å²) < 4.78 is 4.90. The van der Waals surface area contributed by atoms with Crippen LogP contribution in [0.3, 0.4) is 0 Å². The topological polar surface area (TPSA) is 71.3 Å². The molecule has 0 spiro atoms. The Bertz CT molecular complexity index is 628. The molecule has 0 aliphatic rings. The van der Waals surface area contributed by atoms with Gasteiger partial charge in [-0.3, -0.25) is 20.4 Å². The van der Waals surface area contributed by atoms with Crippen molar-refractivity contribution in [3.63, 3.8) is 0 Å². The van der Waals surface area contributed by atoms with E-state index in [1.165, 1.54) is 24.0 Å². The Labute approximate surface area is 122 Å². The van der Waals surface area contributed by atoms with E-state index in [0.717, 1.165) is 12.0 Å². The van der Waals surface area contributed by atoms with Crippen LogP contribution in [0.15, 0.2) is 53.2 Å². The number of carbonyl (C=O) groups excluding carboxylic acids is 2. The van der Waals surface area contributed by atoms with Crippen LogP contribution in [0.5, 0.6) is 0 Å². The fraction of sp³-hybridized carbons (Fsp3) is 0.125. The van der Waals surface area contributed by atoms with Crippen LogP contribution in [0.2, 0.25) is 0 Å². The van der Waals surface area contributed by atoms with Crippen molar-refractivity contribution in [1.29, 1.82) is 0 Å². The molecule has 2 aromatic rings. The highest BCUT2D eigenvalue weighted by atomic mass is 16.3. The lowest BCUT2D eigenvalue weighted by atomic mass is 10.1. The lowest BCUT2D eigenvalue weighted by molar-refractivity contribution is -0.117. The van der Waals surface area contributed by atoms with E-state index in [1.54, 1.807) is 12.1 Å². The van der Waals surface area contributed by atoms with Crippen LogP contribution >= 0.6 is 0 Å². The molecule has 108 valence electrons. The average molecular weight is 284 g/mol. The second-order valence-corrected chi connectivity index (χ2v) is 4.35. The van der Waals surface area contributed by atoms with Gasteiger partial charge in [-0.05, 0) is 35.8 Å². The van der Waals surface area contributed by atoms with Gasteiger partial charge in [0.05, 0.1) is 6.26 Å². The van der Waals surface area contributed by atoms with E-state index >= 15 is 0 Å². The van der Waals surface area contributed by atoms with Gasteiger partial charge in [0, 0.05) is 6.08 Å². The van der Waals surface area contributed by atoms with E-state index in [0.29, 0.717) is 0 Å². The number of hydrogen-bond donors (Lipinski definition) is 2. The first kappa shape index (κ1) is 14.6. The molecule has 1 heterocycles. The molecule has 0 unspecified atom stereocenters.